The highest BCUT2D eigenvalue weighted by Gasteiger charge is 2.09. The Bertz CT molecular complexity index is 411. The van der Waals surface area contributed by atoms with Gasteiger partial charge in [0.15, 0.2) is 0 Å². The molecule has 1 aromatic rings. The van der Waals surface area contributed by atoms with Crippen LogP contribution in [0.5, 0.6) is 0 Å². The molecular formula is C12H17N3O2. The summed E-state index contributed by atoms with van der Waals surface area (Å²) in [5.74, 6) is -1.09. The van der Waals surface area contributed by atoms with Gasteiger partial charge in [-0.05, 0) is 19.1 Å². The molecular weight excluding hydrogens is 218 g/mol. The molecule has 0 bridgehead atoms. The highest BCUT2D eigenvalue weighted by atomic mass is 16.4. The summed E-state index contributed by atoms with van der Waals surface area (Å²) in [6.07, 6.45) is 4.18. The van der Waals surface area contributed by atoms with E-state index in [4.69, 9.17) is 10.8 Å². The third kappa shape index (κ3) is 4.92. The van der Waals surface area contributed by atoms with Crippen molar-refractivity contribution in [3.63, 3.8) is 0 Å². The molecule has 0 unspecified atom stereocenters. The lowest BCUT2D eigenvalue weighted by Crippen LogP contribution is -2.11. The summed E-state index contributed by atoms with van der Waals surface area (Å²) in [5, 5.41) is 8.78. The summed E-state index contributed by atoms with van der Waals surface area (Å²) < 4.78 is 0. The van der Waals surface area contributed by atoms with Gasteiger partial charge in [0, 0.05) is 12.4 Å². The molecule has 3 N–H and O–H groups in total. The molecule has 0 radical (unpaired) electrons. The molecule has 0 fully saturated rings. The van der Waals surface area contributed by atoms with Crippen LogP contribution in [0.1, 0.15) is 20.8 Å². The summed E-state index contributed by atoms with van der Waals surface area (Å²) >= 11 is 0. The van der Waals surface area contributed by atoms with E-state index in [-0.39, 0.29) is 5.57 Å². The first-order valence-corrected chi connectivity index (χ1v) is 5.26. The fraction of sp³-hybridized carbons (Fsp3) is 0.250. The van der Waals surface area contributed by atoms with Crippen molar-refractivity contribution in [2.24, 2.45) is 10.7 Å². The minimum atomic E-state index is -1.09. The minimum Gasteiger partial charge on any atom is -0.478 e. The number of aromatic nitrogens is 1. The molecule has 92 valence electrons. The van der Waals surface area contributed by atoms with Crippen LogP contribution < -0.4 is 5.73 Å². The Balaban J connectivity index is 0.00000121. The lowest BCUT2D eigenvalue weighted by Gasteiger charge is -2.00. The maximum Gasteiger partial charge on any atom is 0.339 e. The second kappa shape index (κ2) is 8.04. The number of carboxylic acids is 1. The van der Waals surface area contributed by atoms with Gasteiger partial charge in [-0.3, -0.25) is 9.98 Å². The van der Waals surface area contributed by atoms with E-state index < -0.39 is 5.97 Å². The Labute approximate surface area is 101 Å². The zero-order valence-corrected chi connectivity index (χ0v) is 10.2. The van der Waals surface area contributed by atoms with E-state index >= 15 is 0 Å². The first-order chi connectivity index (χ1) is 8.15. The van der Waals surface area contributed by atoms with Gasteiger partial charge >= 0.3 is 5.97 Å². The van der Waals surface area contributed by atoms with Gasteiger partial charge in [0.25, 0.3) is 0 Å². The number of rotatable bonds is 3. The molecule has 0 spiro atoms. The molecule has 0 saturated heterocycles. The van der Waals surface area contributed by atoms with Crippen LogP contribution >= 0.6 is 0 Å². The van der Waals surface area contributed by atoms with Crippen LogP contribution in [0.4, 0.5) is 5.69 Å². The summed E-state index contributed by atoms with van der Waals surface area (Å²) in [5.41, 5.74) is 6.11. The van der Waals surface area contributed by atoms with E-state index in [1.54, 1.807) is 31.5 Å². The smallest absolute Gasteiger partial charge is 0.339 e. The maximum absolute atomic E-state index is 10.7. The van der Waals surface area contributed by atoms with Gasteiger partial charge < -0.3 is 10.8 Å². The fourth-order valence-electron chi connectivity index (χ4n) is 1.02. The Hall–Kier alpha value is -2.17. The van der Waals surface area contributed by atoms with Crippen molar-refractivity contribution < 1.29 is 9.90 Å². The molecule has 0 aliphatic rings. The van der Waals surface area contributed by atoms with Crippen molar-refractivity contribution in [1.29, 1.82) is 0 Å². The Morgan fingerprint density at radius 3 is 2.59 bits per heavy atom. The Kier molecular flexibility index (Phi) is 7.01. The van der Waals surface area contributed by atoms with Crippen molar-refractivity contribution in [2.75, 3.05) is 0 Å². The van der Waals surface area contributed by atoms with Crippen molar-refractivity contribution in [3.8, 4) is 0 Å². The topological polar surface area (TPSA) is 88.6 Å². The number of aliphatic imine (C=N–C) groups is 1. The van der Waals surface area contributed by atoms with Crippen LogP contribution in [0.2, 0.25) is 0 Å². The predicted molar refractivity (Wildman–Crippen MR) is 68.3 cm³/mol. The zero-order chi connectivity index (χ0) is 13.3. The average molecular weight is 235 g/mol. The van der Waals surface area contributed by atoms with Crippen LogP contribution in [0.15, 0.2) is 41.3 Å². The number of pyridine rings is 1. The van der Waals surface area contributed by atoms with Crippen LogP contribution in [0.25, 0.3) is 0 Å². The molecule has 5 heteroatoms. The number of hydrogen-bond donors (Lipinski definition) is 2. The van der Waals surface area contributed by atoms with E-state index in [9.17, 15) is 4.79 Å². The summed E-state index contributed by atoms with van der Waals surface area (Å²) in [6, 6.07) is 3.45. The third-order valence-electron chi connectivity index (χ3n) is 1.73. The fourth-order valence-corrected chi connectivity index (χ4v) is 1.02. The van der Waals surface area contributed by atoms with E-state index in [1.807, 2.05) is 13.8 Å². The zero-order valence-electron chi connectivity index (χ0n) is 10.2. The van der Waals surface area contributed by atoms with Gasteiger partial charge in [-0.25, -0.2) is 4.79 Å². The average Bonchev–Trinajstić information content (AvgIpc) is 2.33. The van der Waals surface area contributed by atoms with Gasteiger partial charge in [-0.1, -0.05) is 13.8 Å². The number of nitrogens with zero attached hydrogens (tertiary/aromatic N) is 2. The molecule has 5 nitrogen and oxygen atoms in total. The number of aliphatic carboxylic acids is 1. The molecule has 1 aromatic heterocycles. The third-order valence-corrected chi connectivity index (χ3v) is 1.73. The molecule has 17 heavy (non-hydrogen) atoms. The van der Waals surface area contributed by atoms with E-state index in [0.717, 1.165) is 6.20 Å². The molecule has 1 rings (SSSR count). The molecule has 0 saturated carbocycles. The summed E-state index contributed by atoms with van der Waals surface area (Å²) in [7, 11) is 0. The molecule has 0 atom stereocenters. The first-order valence-electron chi connectivity index (χ1n) is 5.26. The Morgan fingerprint density at radius 1 is 1.53 bits per heavy atom. The van der Waals surface area contributed by atoms with Gasteiger partial charge in [0.05, 0.1) is 23.2 Å². The second-order valence-corrected chi connectivity index (χ2v) is 2.79. The summed E-state index contributed by atoms with van der Waals surface area (Å²) in [6.45, 7) is 5.58. The molecule has 0 aliphatic carbocycles. The van der Waals surface area contributed by atoms with Gasteiger partial charge in [-0.15, -0.1) is 0 Å². The molecule has 1 heterocycles. The van der Waals surface area contributed by atoms with Crippen molar-refractivity contribution in [3.05, 3.63) is 36.3 Å². The lowest BCUT2D eigenvalue weighted by molar-refractivity contribution is -0.132. The molecule has 0 aliphatic heterocycles. The van der Waals surface area contributed by atoms with Gasteiger partial charge in [0.2, 0.25) is 0 Å². The maximum atomic E-state index is 10.7. The quantitative estimate of drug-likeness (QED) is 0.620. The number of carboxylic acid groups (broad SMARTS) is 1. The molecule has 0 amide bonds. The van der Waals surface area contributed by atoms with Crippen molar-refractivity contribution >= 4 is 17.4 Å². The van der Waals surface area contributed by atoms with E-state index in [0.29, 0.717) is 11.4 Å². The van der Waals surface area contributed by atoms with Gasteiger partial charge in [0.1, 0.15) is 0 Å². The highest BCUT2D eigenvalue weighted by molar-refractivity contribution is 6.18. The van der Waals surface area contributed by atoms with Gasteiger partial charge in [-0.2, -0.15) is 0 Å². The van der Waals surface area contributed by atoms with E-state index in [1.165, 1.54) is 0 Å². The number of hydrogen-bond acceptors (Lipinski definition) is 4. The normalized spacial score (nSPS) is 11.5. The van der Waals surface area contributed by atoms with Crippen LogP contribution in [0, 0.1) is 0 Å². The monoisotopic (exact) mass is 235 g/mol. The van der Waals surface area contributed by atoms with Crippen molar-refractivity contribution in [2.45, 2.75) is 20.8 Å². The SMILES string of the molecule is CC.CC(=Nc1cccnc1)/C(=C\N)C(=O)O. The number of carbonyl (C=O) groups is 1. The summed E-state index contributed by atoms with van der Waals surface area (Å²) in [4.78, 5) is 18.7. The van der Waals surface area contributed by atoms with Crippen LogP contribution in [-0.4, -0.2) is 21.8 Å². The van der Waals surface area contributed by atoms with Crippen LogP contribution in [-0.2, 0) is 4.79 Å². The predicted octanol–water partition coefficient (Wildman–Crippen LogP) is 2.13. The second-order valence-electron chi connectivity index (χ2n) is 2.79. The van der Waals surface area contributed by atoms with Crippen molar-refractivity contribution in [1.82, 2.24) is 4.98 Å². The largest absolute Gasteiger partial charge is 0.478 e. The lowest BCUT2D eigenvalue weighted by atomic mass is 10.2. The first kappa shape index (κ1) is 14.8. The van der Waals surface area contributed by atoms with E-state index in [2.05, 4.69) is 9.98 Å². The number of nitrogens with two attached hydrogens (primary N) is 1. The Morgan fingerprint density at radius 2 is 2.18 bits per heavy atom. The van der Waals surface area contributed by atoms with Crippen LogP contribution in [0.3, 0.4) is 0 Å². The standard InChI is InChI=1S/C10H11N3O2.C2H6/c1-7(9(5-11)10(14)15)13-8-3-2-4-12-6-8;1-2/h2-6H,11H2,1H3,(H,14,15);1-2H3/b9-5+,13-7?;. The minimum absolute atomic E-state index is 0.0150. The highest BCUT2D eigenvalue weighted by Crippen LogP contribution is 2.10. The molecule has 0 aromatic carbocycles.